The zero-order valence-electron chi connectivity index (χ0n) is 8.99. The van der Waals surface area contributed by atoms with E-state index in [1.807, 2.05) is 6.92 Å². The molecular weight excluding hydrogens is 200 g/mol. The largest absolute Gasteiger partial charge is 0.480 e. The van der Waals surface area contributed by atoms with Gasteiger partial charge in [0.25, 0.3) is 0 Å². The van der Waals surface area contributed by atoms with Gasteiger partial charge in [-0.3, -0.25) is 4.79 Å². The molecule has 0 rings (SSSR count). The lowest BCUT2D eigenvalue weighted by atomic mass is 10.2. The highest BCUT2D eigenvalue weighted by molar-refractivity contribution is 5.83. The Hall–Kier alpha value is -1.14. The van der Waals surface area contributed by atoms with Crippen molar-refractivity contribution in [1.29, 1.82) is 0 Å². The normalized spacial score (nSPS) is 14.3. The number of hydrogen-bond donors (Lipinski definition) is 4. The summed E-state index contributed by atoms with van der Waals surface area (Å²) in [6, 6.07) is -1.24. The summed E-state index contributed by atoms with van der Waals surface area (Å²) < 4.78 is 0. The highest BCUT2D eigenvalue weighted by Crippen LogP contribution is 1.93. The van der Waals surface area contributed by atoms with Gasteiger partial charge in [0.05, 0.1) is 6.10 Å². The summed E-state index contributed by atoms with van der Waals surface area (Å²) in [5.41, 5.74) is 0. The number of aliphatic hydroxyl groups excluding tert-OH is 1. The van der Waals surface area contributed by atoms with Crippen LogP contribution in [0.5, 0.6) is 0 Å². The molecule has 0 heterocycles. The van der Waals surface area contributed by atoms with E-state index in [2.05, 4.69) is 10.6 Å². The molecule has 2 unspecified atom stereocenters. The van der Waals surface area contributed by atoms with Crippen molar-refractivity contribution in [2.24, 2.45) is 0 Å². The second-order valence-corrected chi connectivity index (χ2v) is 3.23. The van der Waals surface area contributed by atoms with Crippen molar-refractivity contribution >= 4 is 11.9 Å². The lowest BCUT2D eigenvalue weighted by Gasteiger charge is -2.16. The number of aliphatic hydroxyl groups is 1. The first-order valence-corrected chi connectivity index (χ1v) is 4.90. The summed E-state index contributed by atoms with van der Waals surface area (Å²) in [6.45, 7) is 4.48. The second kappa shape index (κ2) is 7.19. The minimum atomic E-state index is -1.24. The lowest BCUT2D eigenvalue weighted by Crippen LogP contribution is -2.48. The molecule has 0 aliphatic carbocycles. The number of carboxylic acid groups (broad SMARTS) is 1. The minimum Gasteiger partial charge on any atom is -0.480 e. The molecule has 1 amide bonds. The third kappa shape index (κ3) is 6.03. The Morgan fingerprint density at radius 3 is 2.40 bits per heavy atom. The van der Waals surface area contributed by atoms with E-state index in [9.17, 15) is 9.59 Å². The van der Waals surface area contributed by atoms with Crippen molar-refractivity contribution < 1.29 is 19.8 Å². The van der Waals surface area contributed by atoms with Gasteiger partial charge in [0.1, 0.15) is 0 Å². The van der Waals surface area contributed by atoms with Crippen molar-refractivity contribution in [3.63, 3.8) is 0 Å². The van der Waals surface area contributed by atoms with Crippen LogP contribution in [0.4, 0.5) is 0 Å². The van der Waals surface area contributed by atoms with Crippen LogP contribution in [0, 0.1) is 0 Å². The Morgan fingerprint density at radius 2 is 2.00 bits per heavy atom. The predicted molar refractivity (Wildman–Crippen MR) is 54.4 cm³/mol. The van der Waals surface area contributed by atoms with E-state index in [1.54, 1.807) is 0 Å². The number of nitrogens with one attached hydrogen (secondary N) is 2. The van der Waals surface area contributed by atoms with E-state index < -0.39 is 18.1 Å². The van der Waals surface area contributed by atoms with E-state index in [4.69, 9.17) is 10.2 Å². The van der Waals surface area contributed by atoms with Gasteiger partial charge in [-0.25, -0.2) is 4.79 Å². The SMILES string of the molecule is CCNCCC(=O)NC(C(=O)O)C(C)O. The third-order valence-corrected chi connectivity index (χ3v) is 1.84. The first-order chi connectivity index (χ1) is 6.99. The van der Waals surface area contributed by atoms with Gasteiger partial charge in [0.15, 0.2) is 6.04 Å². The molecule has 2 atom stereocenters. The Balaban J connectivity index is 3.95. The molecule has 6 heteroatoms. The molecule has 0 fully saturated rings. The predicted octanol–water partition coefficient (Wildman–Crippen LogP) is -1.06. The average molecular weight is 218 g/mol. The Labute approximate surface area is 88.7 Å². The number of hydrogen-bond acceptors (Lipinski definition) is 4. The van der Waals surface area contributed by atoms with Gasteiger partial charge < -0.3 is 20.8 Å². The highest BCUT2D eigenvalue weighted by Gasteiger charge is 2.24. The van der Waals surface area contributed by atoms with Gasteiger partial charge >= 0.3 is 5.97 Å². The van der Waals surface area contributed by atoms with Gasteiger partial charge in [-0.05, 0) is 13.5 Å². The number of aliphatic carboxylic acids is 1. The van der Waals surface area contributed by atoms with Gasteiger partial charge in [0, 0.05) is 13.0 Å². The van der Waals surface area contributed by atoms with Crippen LogP contribution in [-0.4, -0.2) is 47.3 Å². The molecule has 0 spiro atoms. The number of amides is 1. The van der Waals surface area contributed by atoms with Crippen LogP contribution in [0.15, 0.2) is 0 Å². The molecule has 0 aliphatic heterocycles. The summed E-state index contributed by atoms with van der Waals surface area (Å²) in [6.07, 6.45) is -0.907. The van der Waals surface area contributed by atoms with Gasteiger partial charge in [-0.15, -0.1) is 0 Å². The summed E-state index contributed by atoms with van der Waals surface area (Å²) >= 11 is 0. The summed E-state index contributed by atoms with van der Waals surface area (Å²) in [4.78, 5) is 21.8. The Kier molecular flexibility index (Phi) is 6.64. The van der Waals surface area contributed by atoms with E-state index in [1.165, 1.54) is 6.92 Å². The maximum Gasteiger partial charge on any atom is 0.328 e. The highest BCUT2D eigenvalue weighted by atomic mass is 16.4. The maximum atomic E-state index is 11.2. The lowest BCUT2D eigenvalue weighted by molar-refractivity contribution is -0.144. The van der Waals surface area contributed by atoms with Crippen LogP contribution >= 0.6 is 0 Å². The zero-order valence-corrected chi connectivity index (χ0v) is 8.99. The summed E-state index contributed by atoms with van der Waals surface area (Å²) in [7, 11) is 0. The molecule has 0 aromatic rings. The summed E-state index contributed by atoms with van der Waals surface area (Å²) in [5.74, 6) is -1.62. The van der Waals surface area contributed by atoms with E-state index in [0.29, 0.717) is 6.54 Å². The van der Waals surface area contributed by atoms with Crippen molar-refractivity contribution in [1.82, 2.24) is 10.6 Å². The van der Waals surface area contributed by atoms with Crippen LogP contribution in [0.1, 0.15) is 20.3 Å². The third-order valence-electron chi connectivity index (χ3n) is 1.84. The molecule has 88 valence electrons. The standard InChI is InChI=1S/C9H18N2O4/c1-3-10-5-4-7(13)11-8(6(2)12)9(14)15/h6,8,10,12H,3-5H2,1-2H3,(H,11,13)(H,14,15). The number of rotatable bonds is 7. The molecule has 4 N–H and O–H groups in total. The minimum absolute atomic E-state index is 0.199. The van der Waals surface area contributed by atoms with Crippen molar-refractivity contribution in [3.8, 4) is 0 Å². The van der Waals surface area contributed by atoms with Gasteiger partial charge in [0.2, 0.25) is 5.91 Å². The number of carboxylic acids is 1. The van der Waals surface area contributed by atoms with Crippen molar-refractivity contribution in [3.05, 3.63) is 0 Å². The average Bonchev–Trinajstić information content (AvgIpc) is 2.13. The van der Waals surface area contributed by atoms with Crippen molar-refractivity contribution in [2.75, 3.05) is 13.1 Å². The zero-order chi connectivity index (χ0) is 11.8. The second-order valence-electron chi connectivity index (χ2n) is 3.23. The summed E-state index contributed by atoms with van der Waals surface area (Å²) in [5, 5.41) is 23.0. The maximum absolute atomic E-state index is 11.2. The van der Waals surface area contributed by atoms with Crippen LogP contribution in [0.3, 0.4) is 0 Å². The smallest absolute Gasteiger partial charge is 0.328 e. The monoisotopic (exact) mass is 218 g/mol. The molecule has 0 bridgehead atoms. The molecule has 0 saturated heterocycles. The van der Waals surface area contributed by atoms with Crippen LogP contribution in [0.2, 0.25) is 0 Å². The van der Waals surface area contributed by atoms with E-state index in [0.717, 1.165) is 6.54 Å². The Bertz CT molecular complexity index is 218. The fourth-order valence-corrected chi connectivity index (χ4v) is 1.01. The van der Waals surface area contributed by atoms with E-state index in [-0.39, 0.29) is 12.3 Å². The molecule has 15 heavy (non-hydrogen) atoms. The molecule has 0 saturated carbocycles. The molecule has 0 radical (unpaired) electrons. The molecule has 0 aromatic heterocycles. The topological polar surface area (TPSA) is 98.7 Å². The number of carbonyl (C=O) groups excluding carboxylic acids is 1. The fraction of sp³-hybridized carbons (Fsp3) is 0.778. The van der Waals surface area contributed by atoms with Gasteiger partial charge in [-0.1, -0.05) is 6.92 Å². The van der Waals surface area contributed by atoms with Gasteiger partial charge in [-0.2, -0.15) is 0 Å². The van der Waals surface area contributed by atoms with Crippen molar-refractivity contribution in [2.45, 2.75) is 32.4 Å². The quantitative estimate of drug-likeness (QED) is 0.408. The number of carbonyl (C=O) groups is 2. The van der Waals surface area contributed by atoms with E-state index >= 15 is 0 Å². The fourth-order valence-electron chi connectivity index (χ4n) is 1.01. The van der Waals surface area contributed by atoms with Crippen LogP contribution in [0.25, 0.3) is 0 Å². The molecular formula is C9H18N2O4. The molecule has 0 aliphatic rings. The van der Waals surface area contributed by atoms with Crippen LogP contribution in [-0.2, 0) is 9.59 Å². The van der Waals surface area contributed by atoms with Crippen LogP contribution < -0.4 is 10.6 Å². The first kappa shape index (κ1) is 13.9. The first-order valence-electron chi connectivity index (χ1n) is 4.90. The molecule has 0 aromatic carbocycles. The Morgan fingerprint density at radius 1 is 1.40 bits per heavy atom. The molecule has 6 nitrogen and oxygen atoms in total.